The van der Waals surface area contributed by atoms with Crippen molar-refractivity contribution in [2.45, 2.75) is 57.2 Å². The molecule has 2 rings (SSSR count). The molecule has 112 valence electrons. The van der Waals surface area contributed by atoms with Crippen LogP contribution < -0.4 is 5.32 Å². The van der Waals surface area contributed by atoms with Gasteiger partial charge in [0.25, 0.3) is 0 Å². The fourth-order valence-electron chi connectivity index (χ4n) is 4.05. The molecule has 19 heavy (non-hydrogen) atoms. The normalized spacial score (nSPS) is 38.5. The summed E-state index contributed by atoms with van der Waals surface area (Å²) in [5, 5.41) is 13.3. The molecule has 2 N–H and O–H groups in total. The lowest BCUT2D eigenvalue weighted by molar-refractivity contribution is 0.120. The molecular weight excluding hydrogens is 238 g/mol. The largest absolute Gasteiger partial charge is 0.394 e. The third kappa shape index (κ3) is 3.48. The first kappa shape index (κ1) is 15.2. The first-order chi connectivity index (χ1) is 9.10. The summed E-state index contributed by atoms with van der Waals surface area (Å²) in [4.78, 5) is 5.14. The number of nitrogens with one attached hydrogen (secondary N) is 1. The molecule has 0 bridgehead atoms. The monoisotopic (exact) mass is 269 g/mol. The molecule has 0 amide bonds. The Hall–Kier alpha value is -0.160. The van der Waals surface area contributed by atoms with Crippen molar-refractivity contribution in [2.24, 2.45) is 0 Å². The highest BCUT2D eigenvalue weighted by Gasteiger charge is 2.41. The molecule has 0 radical (unpaired) electrons. The van der Waals surface area contributed by atoms with Crippen molar-refractivity contribution >= 4 is 0 Å². The summed E-state index contributed by atoms with van der Waals surface area (Å²) < 4.78 is 0. The Morgan fingerprint density at radius 3 is 2.84 bits per heavy atom. The number of nitrogens with zero attached hydrogens (tertiary/aromatic N) is 2. The maximum atomic E-state index is 9.74. The van der Waals surface area contributed by atoms with E-state index in [4.69, 9.17) is 0 Å². The van der Waals surface area contributed by atoms with Gasteiger partial charge in [-0.05, 0) is 59.3 Å². The highest BCUT2D eigenvalue weighted by Crippen LogP contribution is 2.34. The van der Waals surface area contributed by atoms with Crippen LogP contribution in [-0.2, 0) is 0 Å². The molecule has 4 nitrogen and oxygen atoms in total. The van der Waals surface area contributed by atoms with Crippen molar-refractivity contribution in [1.82, 2.24) is 15.1 Å². The number of aliphatic hydroxyl groups excluding tert-OH is 1. The predicted molar refractivity (Wildman–Crippen MR) is 79.4 cm³/mol. The van der Waals surface area contributed by atoms with E-state index in [1.807, 2.05) is 0 Å². The number of rotatable bonds is 4. The Morgan fingerprint density at radius 1 is 1.37 bits per heavy atom. The average Bonchev–Trinajstić information content (AvgIpc) is 2.71. The van der Waals surface area contributed by atoms with E-state index in [0.717, 1.165) is 19.4 Å². The van der Waals surface area contributed by atoms with Crippen molar-refractivity contribution in [3.05, 3.63) is 0 Å². The summed E-state index contributed by atoms with van der Waals surface area (Å²) in [6, 6.07) is 1.28. The van der Waals surface area contributed by atoms with E-state index in [9.17, 15) is 5.11 Å². The van der Waals surface area contributed by atoms with Crippen LogP contribution in [-0.4, -0.2) is 72.4 Å². The third-order valence-corrected chi connectivity index (χ3v) is 5.00. The van der Waals surface area contributed by atoms with Crippen LogP contribution in [0.4, 0.5) is 0 Å². The van der Waals surface area contributed by atoms with Crippen molar-refractivity contribution < 1.29 is 5.11 Å². The maximum absolute atomic E-state index is 9.74. The predicted octanol–water partition coefficient (Wildman–Crippen LogP) is 0.906. The second kappa shape index (κ2) is 6.53. The number of likely N-dealkylation sites (N-methyl/N-ethyl adjacent to an activating group) is 2. The van der Waals surface area contributed by atoms with Gasteiger partial charge in [0.15, 0.2) is 0 Å². The van der Waals surface area contributed by atoms with Crippen LogP contribution in [0.1, 0.15) is 39.5 Å². The lowest BCUT2D eigenvalue weighted by Gasteiger charge is -2.35. The molecule has 0 aromatic carbocycles. The van der Waals surface area contributed by atoms with E-state index in [1.165, 1.54) is 32.5 Å². The maximum Gasteiger partial charge on any atom is 0.0613 e. The molecule has 0 aromatic rings. The average molecular weight is 269 g/mol. The minimum absolute atomic E-state index is 0.0165. The SMILES string of the molecule is CCNC1(CO)CCC(N2CCCN(C)CC2C)C1. The molecule has 3 unspecified atom stereocenters. The zero-order valence-electron chi connectivity index (χ0n) is 12.9. The highest BCUT2D eigenvalue weighted by molar-refractivity contribution is 5.00. The van der Waals surface area contributed by atoms with Gasteiger partial charge in [-0.1, -0.05) is 6.92 Å². The number of aliphatic hydroxyl groups is 1. The van der Waals surface area contributed by atoms with E-state index in [2.05, 4.69) is 36.0 Å². The molecule has 4 heteroatoms. The van der Waals surface area contributed by atoms with Gasteiger partial charge in [-0.25, -0.2) is 0 Å². The highest BCUT2D eigenvalue weighted by atomic mass is 16.3. The Bertz CT molecular complexity index is 287. The molecule has 1 aliphatic carbocycles. The fourth-order valence-corrected chi connectivity index (χ4v) is 4.05. The molecule has 0 spiro atoms. The molecule has 0 aromatic heterocycles. The molecule has 1 aliphatic heterocycles. The number of hydrogen-bond acceptors (Lipinski definition) is 4. The Kier molecular flexibility index (Phi) is 5.23. The van der Waals surface area contributed by atoms with Gasteiger partial charge in [0, 0.05) is 24.2 Å². The van der Waals surface area contributed by atoms with E-state index >= 15 is 0 Å². The molecule has 1 saturated heterocycles. The van der Waals surface area contributed by atoms with E-state index in [-0.39, 0.29) is 12.1 Å². The topological polar surface area (TPSA) is 38.7 Å². The quantitative estimate of drug-likeness (QED) is 0.795. The summed E-state index contributed by atoms with van der Waals surface area (Å²) in [6.45, 7) is 9.31. The van der Waals surface area contributed by atoms with Gasteiger partial charge >= 0.3 is 0 Å². The minimum atomic E-state index is -0.0165. The summed E-state index contributed by atoms with van der Waals surface area (Å²) in [6.07, 6.45) is 4.71. The summed E-state index contributed by atoms with van der Waals surface area (Å²) in [5.74, 6) is 0. The Labute approximate surface area is 118 Å². The van der Waals surface area contributed by atoms with Crippen molar-refractivity contribution in [3.63, 3.8) is 0 Å². The minimum Gasteiger partial charge on any atom is -0.394 e. The molecule has 2 aliphatic rings. The van der Waals surface area contributed by atoms with E-state index in [0.29, 0.717) is 12.1 Å². The first-order valence-electron chi connectivity index (χ1n) is 7.90. The summed E-state index contributed by atoms with van der Waals surface area (Å²) >= 11 is 0. The van der Waals surface area contributed by atoms with Crippen LogP contribution in [0.5, 0.6) is 0 Å². The standard InChI is InChI=1S/C15H31N3O/c1-4-16-15(12-19)7-6-14(10-15)18-9-5-8-17(3)11-13(18)2/h13-14,16,19H,4-12H2,1-3H3. The second-order valence-corrected chi connectivity index (χ2v) is 6.57. The van der Waals surface area contributed by atoms with E-state index < -0.39 is 0 Å². The zero-order valence-corrected chi connectivity index (χ0v) is 12.9. The summed E-state index contributed by atoms with van der Waals surface area (Å²) in [7, 11) is 2.23. The van der Waals surface area contributed by atoms with Gasteiger partial charge in [0.2, 0.25) is 0 Å². The zero-order chi connectivity index (χ0) is 13.9. The molecular formula is C15H31N3O. The van der Waals surface area contributed by atoms with Crippen LogP contribution in [0, 0.1) is 0 Å². The van der Waals surface area contributed by atoms with Crippen molar-refractivity contribution in [3.8, 4) is 0 Å². The van der Waals surface area contributed by atoms with Crippen LogP contribution in [0.25, 0.3) is 0 Å². The number of hydrogen-bond donors (Lipinski definition) is 2. The van der Waals surface area contributed by atoms with Gasteiger partial charge in [0.05, 0.1) is 6.61 Å². The van der Waals surface area contributed by atoms with Crippen LogP contribution in [0.15, 0.2) is 0 Å². The second-order valence-electron chi connectivity index (χ2n) is 6.57. The third-order valence-electron chi connectivity index (χ3n) is 5.00. The van der Waals surface area contributed by atoms with Gasteiger partial charge in [-0.15, -0.1) is 0 Å². The van der Waals surface area contributed by atoms with E-state index in [1.54, 1.807) is 0 Å². The van der Waals surface area contributed by atoms with Crippen molar-refractivity contribution in [2.75, 3.05) is 39.8 Å². The first-order valence-corrected chi connectivity index (χ1v) is 7.90. The van der Waals surface area contributed by atoms with Gasteiger partial charge in [0.1, 0.15) is 0 Å². The van der Waals surface area contributed by atoms with Gasteiger partial charge in [-0.2, -0.15) is 0 Å². The van der Waals surface area contributed by atoms with Crippen LogP contribution >= 0.6 is 0 Å². The lowest BCUT2D eigenvalue weighted by atomic mass is 9.98. The fraction of sp³-hybridized carbons (Fsp3) is 1.00. The van der Waals surface area contributed by atoms with Gasteiger partial charge in [-0.3, -0.25) is 4.90 Å². The molecule has 3 atom stereocenters. The molecule has 2 fully saturated rings. The molecule has 1 saturated carbocycles. The van der Waals surface area contributed by atoms with Gasteiger partial charge < -0.3 is 15.3 Å². The van der Waals surface area contributed by atoms with Crippen LogP contribution in [0.2, 0.25) is 0 Å². The van der Waals surface area contributed by atoms with Crippen molar-refractivity contribution in [1.29, 1.82) is 0 Å². The Morgan fingerprint density at radius 2 is 2.16 bits per heavy atom. The van der Waals surface area contributed by atoms with Crippen LogP contribution in [0.3, 0.4) is 0 Å². The lowest BCUT2D eigenvalue weighted by Crippen LogP contribution is -2.49. The molecule has 1 heterocycles. The Balaban J connectivity index is 1.99. The smallest absolute Gasteiger partial charge is 0.0613 e. The summed E-state index contributed by atoms with van der Waals surface area (Å²) in [5.41, 5.74) is -0.0165.